The number of hydrogen-bond acceptors (Lipinski definition) is 5. The highest BCUT2D eigenvalue weighted by molar-refractivity contribution is 5.98. The third-order valence-corrected chi connectivity index (χ3v) is 3.80. The van der Waals surface area contributed by atoms with Gasteiger partial charge in [0.1, 0.15) is 5.60 Å². The minimum atomic E-state index is -1.32. The van der Waals surface area contributed by atoms with Crippen LogP contribution in [0, 0.1) is 0 Å². The lowest BCUT2D eigenvalue weighted by molar-refractivity contribution is -0.361. The average Bonchev–Trinajstić information content (AvgIpc) is 2.66. The Bertz CT molecular complexity index is 667. The first kappa shape index (κ1) is 22.6. The summed E-state index contributed by atoms with van der Waals surface area (Å²) in [5, 5.41) is 11.0. The Kier molecular flexibility index (Phi) is 8.43. The third-order valence-electron chi connectivity index (χ3n) is 3.80. The Labute approximate surface area is 160 Å². The lowest BCUT2D eigenvalue weighted by atomic mass is 9.91. The molecule has 7 nitrogen and oxygen atoms in total. The number of hydrogen-bond donors (Lipinski definition) is 1. The molecule has 1 aromatic carbocycles. The monoisotopic (exact) mass is 378 g/mol. The molecule has 150 valence electrons. The van der Waals surface area contributed by atoms with Gasteiger partial charge in [-0.1, -0.05) is 18.2 Å². The van der Waals surface area contributed by atoms with E-state index in [0.717, 1.165) is 12.1 Å². The normalized spacial score (nSPS) is 16.6. The van der Waals surface area contributed by atoms with Crippen molar-refractivity contribution in [3.05, 3.63) is 29.8 Å². The summed E-state index contributed by atoms with van der Waals surface area (Å²) in [6, 6.07) is 7.08. The molecule has 1 aliphatic heterocycles. The lowest BCUT2D eigenvalue weighted by Gasteiger charge is -2.25. The van der Waals surface area contributed by atoms with E-state index in [1.54, 1.807) is 32.9 Å². The highest BCUT2D eigenvalue weighted by Crippen LogP contribution is 2.37. The van der Waals surface area contributed by atoms with Crippen LogP contribution in [0.15, 0.2) is 24.3 Å². The van der Waals surface area contributed by atoms with Crippen molar-refractivity contribution in [1.82, 2.24) is 0 Å². The second kappa shape index (κ2) is 10.1. The van der Waals surface area contributed by atoms with Gasteiger partial charge in [-0.15, -0.1) is 0 Å². The van der Waals surface area contributed by atoms with Crippen molar-refractivity contribution in [2.24, 2.45) is 0 Å². The van der Waals surface area contributed by atoms with Crippen molar-refractivity contribution >= 4 is 23.5 Å². The fraction of sp³-hybridized carbons (Fsp3) is 0.550. The number of fused-ring (bicyclic) bond motifs is 1. The number of anilines is 1. The predicted octanol–water partition coefficient (Wildman–Crippen LogP) is 0.627. The molecule has 0 saturated carbocycles. The number of amides is 1. The molecule has 0 radical (unpaired) electrons. The van der Waals surface area contributed by atoms with Gasteiger partial charge in [-0.25, -0.2) is 0 Å². The number of carboxylic acids is 1. The van der Waals surface area contributed by atoms with E-state index in [2.05, 4.69) is 5.73 Å². The fourth-order valence-electron chi connectivity index (χ4n) is 2.90. The number of benzene rings is 1. The van der Waals surface area contributed by atoms with Crippen molar-refractivity contribution in [3.8, 4) is 0 Å². The molecular weight excluding hydrogens is 348 g/mol. The molecule has 27 heavy (non-hydrogen) atoms. The summed E-state index contributed by atoms with van der Waals surface area (Å²) >= 11 is 0. The van der Waals surface area contributed by atoms with Gasteiger partial charge in [0.2, 0.25) is 5.91 Å². The second-order valence-electron chi connectivity index (χ2n) is 7.44. The van der Waals surface area contributed by atoms with Crippen LogP contribution in [-0.4, -0.2) is 36.5 Å². The molecule has 0 spiro atoms. The van der Waals surface area contributed by atoms with E-state index < -0.39 is 18.1 Å². The topological polar surface area (TPSA) is 114 Å². The molecule has 1 atom stereocenters. The zero-order valence-electron chi connectivity index (χ0n) is 16.6. The minimum Gasteiger partial charge on any atom is -0.548 e. The zero-order valence-corrected chi connectivity index (χ0v) is 16.6. The maximum absolute atomic E-state index is 12.3. The molecule has 2 rings (SSSR count). The summed E-state index contributed by atoms with van der Waals surface area (Å²) in [5.41, 5.74) is 4.23. The molecule has 0 saturated heterocycles. The Hall–Kier alpha value is -2.41. The summed E-state index contributed by atoms with van der Waals surface area (Å²) in [7, 11) is 0. The number of carbonyl (C=O) groups is 3. The van der Waals surface area contributed by atoms with Crippen molar-refractivity contribution < 1.29 is 30.0 Å². The first-order chi connectivity index (χ1) is 12.6. The van der Waals surface area contributed by atoms with Crippen molar-refractivity contribution in [1.29, 1.82) is 0 Å². The van der Waals surface area contributed by atoms with E-state index in [1.165, 1.54) is 4.90 Å². The Morgan fingerprint density at radius 1 is 1.30 bits per heavy atom. The van der Waals surface area contributed by atoms with Crippen molar-refractivity contribution in [2.45, 2.75) is 58.5 Å². The maximum atomic E-state index is 12.3. The first-order valence-electron chi connectivity index (χ1n) is 9.19. The number of quaternary nitrogens is 1. The molecule has 1 aromatic rings. The molecule has 1 amide bonds. The second-order valence-corrected chi connectivity index (χ2v) is 7.44. The third kappa shape index (κ3) is 7.38. The molecule has 7 heteroatoms. The van der Waals surface area contributed by atoms with E-state index in [0.29, 0.717) is 12.1 Å². The van der Waals surface area contributed by atoms with E-state index in [4.69, 9.17) is 4.74 Å². The average molecular weight is 378 g/mol. The van der Waals surface area contributed by atoms with Crippen LogP contribution in [0.5, 0.6) is 0 Å². The van der Waals surface area contributed by atoms with Crippen LogP contribution in [0.2, 0.25) is 0 Å². The maximum Gasteiger partial charge on any atom is 0.306 e. The zero-order chi connectivity index (χ0) is 20.6. The molecule has 0 bridgehead atoms. The number of nitrogens with zero attached hydrogens (tertiary/aromatic N) is 1. The van der Waals surface area contributed by atoms with Crippen LogP contribution < -0.4 is 15.7 Å². The van der Waals surface area contributed by atoms with Crippen molar-refractivity contribution in [3.63, 3.8) is 0 Å². The summed E-state index contributed by atoms with van der Waals surface area (Å²) < 4.78 is 5.37. The number of ether oxygens (including phenoxy) is 1. The summed E-state index contributed by atoms with van der Waals surface area (Å²) in [4.78, 5) is 36.7. The van der Waals surface area contributed by atoms with Gasteiger partial charge in [0.05, 0.1) is 25.5 Å². The van der Waals surface area contributed by atoms with E-state index in [-0.39, 0.29) is 30.6 Å². The van der Waals surface area contributed by atoms with Gasteiger partial charge in [-0.05, 0) is 51.7 Å². The first-order valence-corrected chi connectivity index (χ1v) is 9.19. The summed E-state index contributed by atoms with van der Waals surface area (Å²) in [6.45, 7) is 7.93. The number of rotatable bonds is 4. The van der Waals surface area contributed by atoms with E-state index in [1.807, 2.05) is 19.1 Å². The lowest BCUT2D eigenvalue weighted by Crippen LogP contribution is -2.48. The smallest absolute Gasteiger partial charge is 0.306 e. The molecule has 0 aliphatic carbocycles. The predicted molar refractivity (Wildman–Crippen MR) is 99.7 cm³/mol. The molecule has 0 fully saturated rings. The summed E-state index contributed by atoms with van der Waals surface area (Å²) in [6.07, 6.45) is 0.800. The minimum absolute atomic E-state index is 0.153. The van der Waals surface area contributed by atoms with Gasteiger partial charge in [0.25, 0.3) is 0 Å². The Morgan fingerprint density at radius 3 is 2.44 bits per heavy atom. The number of carboxylic acid groups (broad SMARTS) is 1. The molecule has 1 heterocycles. The highest BCUT2D eigenvalue weighted by atomic mass is 16.6. The van der Waals surface area contributed by atoms with Crippen molar-refractivity contribution in [2.75, 3.05) is 18.0 Å². The highest BCUT2D eigenvalue weighted by Gasteiger charge is 2.30. The van der Waals surface area contributed by atoms with Crippen LogP contribution in [0.3, 0.4) is 0 Å². The summed E-state index contributed by atoms with van der Waals surface area (Å²) in [5.74, 6) is -2.11. The number of aliphatic carboxylic acids is 1. The molecule has 3 N–H and O–H groups in total. The van der Waals surface area contributed by atoms with Gasteiger partial charge in [-0.3, -0.25) is 9.59 Å². The van der Waals surface area contributed by atoms with Crippen LogP contribution in [0.4, 0.5) is 5.69 Å². The molecule has 0 unspecified atom stereocenters. The Morgan fingerprint density at radius 2 is 1.89 bits per heavy atom. The van der Waals surface area contributed by atoms with Crippen LogP contribution in [0.1, 0.15) is 58.4 Å². The quantitative estimate of drug-likeness (QED) is 0.772. The van der Waals surface area contributed by atoms with Gasteiger partial charge in [0, 0.05) is 12.1 Å². The van der Waals surface area contributed by atoms with E-state index >= 15 is 0 Å². The molecule has 0 aromatic heterocycles. The van der Waals surface area contributed by atoms with Crippen LogP contribution in [0.25, 0.3) is 0 Å². The van der Waals surface area contributed by atoms with Gasteiger partial charge >= 0.3 is 5.97 Å². The number of para-hydroxylation sites is 1. The van der Waals surface area contributed by atoms with Gasteiger partial charge in [0.15, 0.2) is 0 Å². The molecule has 1 aliphatic rings. The number of esters is 1. The van der Waals surface area contributed by atoms with E-state index in [9.17, 15) is 19.5 Å². The molecular formula is C20H30N2O5. The van der Waals surface area contributed by atoms with Gasteiger partial charge in [-0.2, -0.15) is 0 Å². The SMILES string of the molecule is CC(C)(C)OC(=O)C[C@H]1CCC(=O)N(CC(=O)[O-])c2ccccc21.CC[NH3+]. The van der Waals surface area contributed by atoms with Crippen LogP contribution >= 0.6 is 0 Å². The standard InChI is InChI=1S/C18H23NO5.C2H7N/c1-18(2,3)24-17(23)10-12-8-9-15(20)19(11-16(21)22)14-7-5-4-6-13(12)14;1-2-3/h4-7,12H,8-11H2,1-3H3,(H,21,22);2-3H2,1H3/t12-;/m1./s1. The largest absolute Gasteiger partial charge is 0.548 e. The van der Waals surface area contributed by atoms with Gasteiger partial charge < -0.3 is 25.3 Å². The number of carbonyl (C=O) groups excluding carboxylic acids is 3. The Balaban J connectivity index is 0.00000114. The fourth-order valence-corrected chi connectivity index (χ4v) is 2.90. The van der Waals surface area contributed by atoms with Crippen LogP contribution in [-0.2, 0) is 19.1 Å².